The average Bonchev–Trinajstić information content (AvgIpc) is 3.22. The summed E-state index contributed by atoms with van der Waals surface area (Å²) in [4.78, 5) is 4.26. The number of hydrogen-bond acceptors (Lipinski definition) is 6. The largest absolute Gasteiger partial charge is 0.497 e. The van der Waals surface area contributed by atoms with Gasteiger partial charge in [-0.25, -0.2) is 17.7 Å². The molecule has 10 heteroatoms. The molecule has 1 heterocycles. The summed E-state index contributed by atoms with van der Waals surface area (Å²) < 4.78 is 39.2. The molecule has 0 saturated heterocycles. The van der Waals surface area contributed by atoms with E-state index in [0.717, 1.165) is 0 Å². The predicted molar refractivity (Wildman–Crippen MR) is 114 cm³/mol. The number of sulfonamides is 1. The SMILES string of the molecule is COc1ccc(CN(c2nccs2)S(=O)(=O)c2ccc(Br)c(Cl)c2)c(OC)c1. The van der Waals surface area contributed by atoms with E-state index in [-0.39, 0.29) is 11.4 Å². The first-order valence-corrected chi connectivity index (χ1v) is 11.4. The summed E-state index contributed by atoms with van der Waals surface area (Å²) in [5.74, 6) is 1.13. The van der Waals surface area contributed by atoms with Gasteiger partial charge in [-0.3, -0.25) is 0 Å². The summed E-state index contributed by atoms with van der Waals surface area (Å²) in [7, 11) is -0.837. The standard InChI is InChI=1S/C18H16BrClN2O4S2/c1-25-13-4-3-12(17(9-13)26-2)11-22(18-21-7-8-27-18)28(23,24)14-5-6-15(19)16(20)10-14/h3-10H,11H2,1-2H3. The van der Waals surface area contributed by atoms with E-state index in [1.54, 1.807) is 43.0 Å². The van der Waals surface area contributed by atoms with E-state index in [4.69, 9.17) is 21.1 Å². The van der Waals surface area contributed by atoms with Crippen molar-refractivity contribution >= 4 is 54.0 Å². The lowest BCUT2D eigenvalue weighted by Crippen LogP contribution is -2.30. The molecule has 0 N–H and O–H groups in total. The number of hydrogen-bond donors (Lipinski definition) is 0. The Labute approximate surface area is 180 Å². The van der Waals surface area contributed by atoms with Gasteiger partial charge in [0.25, 0.3) is 10.0 Å². The van der Waals surface area contributed by atoms with E-state index < -0.39 is 10.0 Å². The second-order valence-electron chi connectivity index (χ2n) is 5.58. The Hall–Kier alpha value is -1.81. The van der Waals surface area contributed by atoms with Gasteiger partial charge in [0.05, 0.1) is 30.7 Å². The van der Waals surface area contributed by atoms with Crippen molar-refractivity contribution in [2.45, 2.75) is 11.4 Å². The maximum atomic E-state index is 13.4. The van der Waals surface area contributed by atoms with E-state index in [0.29, 0.717) is 31.7 Å². The number of anilines is 1. The highest BCUT2D eigenvalue weighted by atomic mass is 79.9. The van der Waals surface area contributed by atoms with Gasteiger partial charge in [-0.15, -0.1) is 11.3 Å². The molecule has 6 nitrogen and oxygen atoms in total. The molecule has 1 aromatic heterocycles. The molecule has 148 valence electrons. The van der Waals surface area contributed by atoms with Gasteiger partial charge in [0.2, 0.25) is 0 Å². The Bertz CT molecular complexity index is 1080. The molecule has 0 aliphatic rings. The Kier molecular flexibility index (Phi) is 6.49. The van der Waals surface area contributed by atoms with Crippen molar-refractivity contribution in [3.8, 4) is 11.5 Å². The first-order chi connectivity index (χ1) is 13.4. The lowest BCUT2D eigenvalue weighted by Gasteiger charge is -2.23. The van der Waals surface area contributed by atoms with Crippen LogP contribution in [-0.4, -0.2) is 27.6 Å². The molecule has 0 radical (unpaired) electrons. The predicted octanol–water partition coefficient (Wildman–Crippen LogP) is 4.97. The zero-order chi connectivity index (χ0) is 20.3. The van der Waals surface area contributed by atoms with Crippen molar-refractivity contribution in [3.05, 3.63) is 63.0 Å². The second-order valence-corrected chi connectivity index (χ2v) is 9.58. The van der Waals surface area contributed by atoms with Gasteiger partial charge in [-0.05, 0) is 46.3 Å². The highest BCUT2D eigenvalue weighted by Crippen LogP contribution is 2.33. The Morgan fingerprint density at radius 2 is 1.96 bits per heavy atom. The number of methoxy groups -OCH3 is 2. The van der Waals surface area contributed by atoms with Crippen molar-refractivity contribution in [2.24, 2.45) is 0 Å². The van der Waals surface area contributed by atoms with Gasteiger partial charge in [0, 0.05) is 27.7 Å². The highest BCUT2D eigenvalue weighted by Gasteiger charge is 2.28. The molecular formula is C18H16BrClN2O4S2. The third-order valence-electron chi connectivity index (χ3n) is 3.92. The molecule has 28 heavy (non-hydrogen) atoms. The number of thiazole rings is 1. The normalized spacial score (nSPS) is 11.3. The van der Waals surface area contributed by atoms with Gasteiger partial charge >= 0.3 is 0 Å². The quantitative estimate of drug-likeness (QED) is 0.455. The third kappa shape index (κ3) is 4.27. The molecule has 0 fully saturated rings. The summed E-state index contributed by atoms with van der Waals surface area (Å²) in [6, 6.07) is 9.73. The van der Waals surface area contributed by atoms with Crippen LogP contribution in [0.3, 0.4) is 0 Å². The molecule has 0 aliphatic carbocycles. The first kappa shape index (κ1) is 20.9. The fraction of sp³-hybridized carbons (Fsp3) is 0.167. The van der Waals surface area contributed by atoms with Crippen LogP contribution < -0.4 is 13.8 Å². The lowest BCUT2D eigenvalue weighted by molar-refractivity contribution is 0.391. The monoisotopic (exact) mass is 502 g/mol. The molecule has 0 bridgehead atoms. The number of nitrogens with zero attached hydrogens (tertiary/aromatic N) is 2. The average molecular weight is 504 g/mol. The first-order valence-electron chi connectivity index (χ1n) is 7.95. The van der Waals surface area contributed by atoms with Crippen molar-refractivity contribution < 1.29 is 17.9 Å². The summed E-state index contributed by atoms with van der Waals surface area (Å²) in [6.45, 7) is 0.0384. The molecule has 0 amide bonds. The van der Waals surface area contributed by atoms with Crippen LogP contribution in [0.1, 0.15) is 5.56 Å². The smallest absolute Gasteiger partial charge is 0.266 e. The van der Waals surface area contributed by atoms with Crippen LogP contribution in [0.5, 0.6) is 11.5 Å². The fourth-order valence-electron chi connectivity index (χ4n) is 2.50. The maximum Gasteiger partial charge on any atom is 0.266 e. The van der Waals surface area contributed by atoms with Crippen molar-refractivity contribution in [2.75, 3.05) is 18.5 Å². The Morgan fingerprint density at radius 3 is 2.57 bits per heavy atom. The zero-order valence-corrected chi connectivity index (χ0v) is 18.9. The van der Waals surface area contributed by atoms with Crippen LogP contribution in [-0.2, 0) is 16.6 Å². The van der Waals surface area contributed by atoms with E-state index in [9.17, 15) is 8.42 Å². The molecule has 0 atom stereocenters. The van der Waals surface area contributed by atoms with Crippen molar-refractivity contribution in [1.82, 2.24) is 4.98 Å². The van der Waals surface area contributed by atoms with Crippen LogP contribution in [0, 0.1) is 0 Å². The number of halogens is 2. The second kappa shape index (κ2) is 8.69. The third-order valence-corrected chi connectivity index (χ3v) is 7.79. The van der Waals surface area contributed by atoms with Gasteiger partial charge in [0.15, 0.2) is 5.13 Å². The van der Waals surface area contributed by atoms with E-state index in [1.165, 1.54) is 34.9 Å². The van der Waals surface area contributed by atoms with E-state index in [2.05, 4.69) is 20.9 Å². The van der Waals surface area contributed by atoms with E-state index >= 15 is 0 Å². The van der Waals surface area contributed by atoms with Crippen molar-refractivity contribution in [1.29, 1.82) is 0 Å². The summed E-state index contributed by atoms with van der Waals surface area (Å²) in [6.07, 6.45) is 1.56. The van der Waals surface area contributed by atoms with Crippen LogP contribution in [0.4, 0.5) is 5.13 Å². The molecular weight excluding hydrogens is 488 g/mol. The number of ether oxygens (including phenoxy) is 2. The molecule has 0 saturated carbocycles. The number of aromatic nitrogens is 1. The molecule has 2 aromatic carbocycles. The summed E-state index contributed by atoms with van der Waals surface area (Å²) >= 11 is 10.6. The Balaban J connectivity index is 2.07. The fourth-order valence-corrected chi connectivity index (χ4v) is 5.28. The lowest BCUT2D eigenvalue weighted by atomic mass is 10.2. The van der Waals surface area contributed by atoms with Gasteiger partial charge in [0.1, 0.15) is 11.5 Å². The minimum absolute atomic E-state index is 0.0384. The van der Waals surface area contributed by atoms with E-state index in [1.807, 2.05) is 0 Å². The molecule has 0 unspecified atom stereocenters. The highest BCUT2D eigenvalue weighted by molar-refractivity contribution is 9.10. The molecule has 0 spiro atoms. The number of benzene rings is 2. The topological polar surface area (TPSA) is 68.7 Å². The molecule has 3 aromatic rings. The van der Waals surface area contributed by atoms with Crippen molar-refractivity contribution in [3.63, 3.8) is 0 Å². The van der Waals surface area contributed by atoms with Crippen LogP contribution in [0.25, 0.3) is 0 Å². The van der Waals surface area contributed by atoms with Gasteiger partial charge < -0.3 is 9.47 Å². The summed E-state index contributed by atoms with van der Waals surface area (Å²) in [5, 5.41) is 2.37. The molecule has 0 aliphatic heterocycles. The number of rotatable bonds is 7. The maximum absolute atomic E-state index is 13.4. The minimum atomic E-state index is -3.91. The van der Waals surface area contributed by atoms with Gasteiger partial charge in [-0.2, -0.15) is 0 Å². The molecule has 3 rings (SSSR count). The zero-order valence-electron chi connectivity index (χ0n) is 14.9. The van der Waals surface area contributed by atoms with Crippen LogP contribution >= 0.6 is 38.9 Å². The van der Waals surface area contributed by atoms with Crippen LogP contribution in [0.2, 0.25) is 5.02 Å². The summed E-state index contributed by atoms with van der Waals surface area (Å²) in [5.41, 5.74) is 0.672. The van der Waals surface area contributed by atoms with Gasteiger partial charge in [-0.1, -0.05) is 11.6 Å². The minimum Gasteiger partial charge on any atom is -0.497 e. The Morgan fingerprint density at radius 1 is 1.18 bits per heavy atom. The van der Waals surface area contributed by atoms with Crippen LogP contribution in [0.15, 0.2) is 57.3 Å².